The summed E-state index contributed by atoms with van der Waals surface area (Å²) in [5.74, 6) is 0.803. The van der Waals surface area contributed by atoms with E-state index in [0.29, 0.717) is 23.8 Å². The van der Waals surface area contributed by atoms with E-state index in [9.17, 15) is 9.50 Å². The fraction of sp³-hybridized carbons (Fsp3) is 0.600. The summed E-state index contributed by atoms with van der Waals surface area (Å²) in [4.78, 5) is 0. The first kappa shape index (κ1) is 14.3. The standard InChI is InChI=1S/C15H22FNO2/c1-19-14-6-5-12(15(16)8-14)10-17-9-11-3-2-4-13(18)7-11/h5-6,8,11,13,17-18H,2-4,7,9-10H2,1H3. The molecule has 4 heteroatoms. The molecule has 0 heterocycles. The van der Waals surface area contributed by atoms with Crippen molar-refractivity contribution in [1.82, 2.24) is 5.32 Å². The number of hydrogen-bond acceptors (Lipinski definition) is 3. The highest BCUT2D eigenvalue weighted by molar-refractivity contribution is 5.28. The minimum atomic E-state index is -0.240. The summed E-state index contributed by atoms with van der Waals surface area (Å²) in [7, 11) is 1.53. The molecule has 0 spiro atoms. The second-order valence-electron chi connectivity index (χ2n) is 5.27. The topological polar surface area (TPSA) is 41.5 Å². The van der Waals surface area contributed by atoms with Gasteiger partial charge in [0.15, 0.2) is 0 Å². The molecule has 1 fully saturated rings. The van der Waals surface area contributed by atoms with E-state index in [2.05, 4.69) is 5.32 Å². The van der Waals surface area contributed by atoms with Crippen LogP contribution in [0.4, 0.5) is 4.39 Å². The van der Waals surface area contributed by atoms with Crippen molar-refractivity contribution in [2.75, 3.05) is 13.7 Å². The van der Waals surface area contributed by atoms with E-state index >= 15 is 0 Å². The molecule has 2 atom stereocenters. The summed E-state index contributed by atoms with van der Waals surface area (Å²) >= 11 is 0. The van der Waals surface area contributed by atoms with Crippen LogP contribution in [0.1, 0.15) is 31.2 Å². The quantitative estimate of drug-likeness (QED) is 0.861. The zero-order valence-corrected chi connectivity index (χ0v) is 11.4. The van der Waals surface area contributed by atoms with Gasteiger partial charge in [0, 0.05) is 18.2 Å². The van der Waals surface area contributed by atoms with E-state index in [1.807, 2.05) is 0 Å². The summed E-state index contributed by atoms with van der Waals surface area (Å²) in [6, 6.07) is 4.92. The van der Waals surface area contributed by atoms with Gasteiger partial charge >= 0.3 is 0 Å². The predicted molar refractivity (Wildman–Crippen MR) is 72.6 cm³/mol. The summed E-state index contributed by atoms with van der Waals surface area (Å²) in [5.41, 5.74) is 0.650. The second-order valence-corrected chi connectivity index (χ2v) is 5.27. The van der Waals surface area contributed by atoms with Gasteiger partial charge in [-0.3, -0.25) is 0 Å². The lowest BCUT2D eigenvalue weighted by atomic mass is 9.87. The van der Waals surface area contributed by atoms with Gasteiger partial charge < -0.3 is 15.2 Å². The van der Waals surface area contributed by atoms with Crippen LogP contribution in [-0.2, 0) is 6.54 Å². The number of nitrogens with one attached hydrogen (secondary N) is 1. The van der Waals surface area contributed by atoms with Crippen molar-refractivity contribution in [2.24, 2.45) is 5.92 Å². The van der Waals surface area contributed by atoms with Crippen LogP contribution in [-0.4, -0.2) is 24.9 Å². The Morgan fingerprint density at radius 2 is 2.26 bits per heavy atom. The van der Waals surface area contributed by atoms with Gasteiger partial charge in [-0.15, -0.1) is 0 Å². The molecule has 2 unspecified atom stereocenters. The van der Waals surface area contributed by atoms with E-state index in [1.165, 1.54) is 13.2 Å². The smallest absolute Gasteiger partial charge is 0.131 e. The number of methoxy groups -OCH3 is 1. The van der Waals surface area contributed by atoms with Crippen LogP contribution >= 0.6 is 0 Å². The zero-order valence-electron chi connectivity index (χ0n) is 11.4. The highest BCUT2D eigenvalue weighted by Gasteiger charge is 2.19. The molecule has 106 valence electrons. The number of benzene rings is 1. The van der Waals surface area contributed by atoms with Crippen molar-refractivity contribution in [1.29, 1.82) is 0 Å². The Kier molecular flexibility index (Phi) is 5.16. The normalized spacial score (nSPS) is 23.3. The average Bonchev–Trinajstić information content (AvgIpc) is 2.40. The molecule has 1 aliphatic rings. The Hall–Kier alpha value is -1.13. The molecule has 19 heavy (non-hydrogen) atoms. The number of aliphatic hydroxyl groups excluding tert-OH is 1. The number of hydrogen-bond donors (Lipinski definition) is 2. The molecular formula is C15H22FNO2. The third-order valence-corrected chi connectivity index (χ3v) is 3.76. The van der Waals surface area contributed by atoms with E-state index in [0.717, 1.165) is 32.2 Å². The van der Waals surface area contributed by atoms with Gasteiger partial charge in [-0.25, -0.2) is 4.39 Å². The summed E-state index contributed by atoms with van der Waals surface area (Å²) in [6.07, 6.45) is 3.86. The van der Waals surface area contributed by atoms with Crippen LogP contribution in [0.3, 0.4) is 0 Å². The van der Waals surface area contributed by atoms with Gasteiger partial charge in [0.25, 0.3) is 0 Å². The van der Waals surface area contributed by atoms with Crippen molar-refractivity contribution in [3.63, 3.8) is 0 Å². The molecule has 0 aliphatic heterocycles. The molecule has 1 aromatic carbocycles. The first-order valence-corrected chi connectivity index (χ1v) is 6.90. The van der Waals surface area contributed by atoms with E-state index in [4.69, 9.17) is 4.74 Å². The van der Waals surface area contributed by atoms with Crippen LogP contribution in [0.5, 0.6) is 5.75 Å². The second kappa shape index (κ2) is 6.87. The van der Waals surface area contributed by atoms with Crippen LogP contribution in [0, 0.1) is 11.7 Å². The Morgan fingerprint density at radius 1 is 1.42 bits per heavy atom. The Bertz CT molecular complexity index is 411. The largest absolute Gasteiger partial charge is 0.497 e. The van der Waals surface area contributed by atoms with Crippen LogP contribution < -0.4 is 10.1 Å². The molecule has 2 rings (SSSR count). The van der Waals surface area contributed by atoms with Crippen LogP contribution in [0.2, 0.25) is 0 Å². The molecule has 0 radical (unpaired) electrons. The fourth-order valence-electron chi connectivity index (χ4n) is 2.66. The van der Waals surface area contributed by atoms with Gasteiger partial charge in [0.05, 0.1) is 13.2 Å². The lowest BCUT2D eigenvalue weighted by Crippen LogP contribution is -2.29. The van der Waals surface area contributed by atoms with Crippen molar-refractivity contribution < 1.29 is 14.2 Å². The van der Waals surface area contributed by atoms with Gasteiger partial charge in [-0.05, 0) is 37.8 Å². The van der Waals surface area contributed by atoms with E-state index in [-0.39, 0.29) is 11.9 Å². The van der Waals surface area contributed by atoms with Crippen molar-refractivity contribution in [3.8, 4) is 5.75 Å². The minimum Gasteiger partial charge on any atom is -0.497 e. The lowest BCUT2D eigenvalue weighted by molar-refractivity contribution is 0.101. The molecule has 0 saturated heterocycles. The van der Waals surface area contributed by atoms with Crippen LogP contribution in [0.25, 0.3) is 0 Å². The number of halogens is 1. The third-order valence-electron chi connectivity index (χ3n) is 3.76. The fourth-order valence-corrected chi connectivity index (χ4v) is 2.66. The highest BCUT2D eigenvalue weighted by Crippen LogP contribution is 2.23. The lowest BCUT2D eigenvalue weighted by Gasteiger charge is -2.26. The summed E-state index contributed by atoms with van der Waals surface area (Å²) < 4.78 is 18.7. The molecule has 0 aromatic heterocycles. The minimum absolute atomic E-state index is 0.154. The Balaban J connectivity index is 1.79. The Labute approximate surface area is 113 Å². The maximum Gasteiger partial charge on any atom is 0.131 e. The molecule has 1 saturated carbocycles. The maximum atomic E-state index is 13.7. The SMILES string of the molecule is COc1ccc(CNCC2CCCC(O)C2)c(F)c1. The number of ether oxygens (including phenoxy) is 1. The van der Waals surface area contributed by atoms with E-state index < -0.39 is 0 Å². The predicted octanol–water partition coefficient (Wildman–Crippen LogP) is 2.48. The highest BCUT2D eigenvalue weighted by atomic mass is 19.1. The first-order valence-electron chi connectivity index (χ1n) is 6.90. The van der Waals surface area contributed by atoms with Crippen molar-refractivity contribution in [3.05, 3.63) is 29.6 Å². The monoisotopic (exact) mass is 267 g/mol. The van der Waals surface area contributed by atoms with E-state index in [1.54, 1.807) is 12.1 Å². The molecule has 3 nitrogen and oxygen atoms in total. The van der Waals surface area contributed by atoms with Crippen molar-refractivity contribution >= 4 is 0 Å². The molecule has 2 N–H and O–H groups in total. The van der Waals surface area contributed by atoms with Crippen LogP contribution in [0.15, 0.2) is 18.2 Å². The molecule has 1 aliphatic carbocycles. The van der Waals surface area contributed by atoms with Gasteiger partial charge in [0.1, 0.15) is 11.6 Å². The summed E-state index contributed by atoms with van der Waals surface area (Å²) in [5, 5.41) is 12.9. The first-order chi connectivity index (χ1) is 9.19. The molecule has 0 bridgehead atoms. The number of aliphatic hydroxyl groups is 1. The Morgan fingerprint density at radius 3 is 2.95 bits per heavy atom. The molecule has 0 amide bonds. The van der Waals surface area contributed by atoms with Gasteiger partial charge in [-0.2, -0.15) is 0 Å². The average molecular weight is 267 g/mol. The molecular weight excluding hydrogens is 245 g/mol. The summed E-state index contributed by atoms with van der Waals surface area (Å²) in [6.45, 7) is 1.35. The molecule has 1 aromatic rings. The maximum absolute atomic E-state index is 13.7. The number of rotatable bonds is 5. The van der Waals surface area contributed by atoms with Gasteiger partial charge in [-0.1, -0.05) is 12.5 Å². The van der Waals surface area contributed by atoms with Gasteiger partial charge in [0.2, 0.25) is 0 Å². The van der Waals surface area contributed by atoms with Crippen molar-refractivity contribution in [2.45, 2.75) is 38.3 Å². The zero-order chi connectivity index (χ0) is 13.7. The third kappa shape index (κ3) is 4.18.